The van der Waals surface area contributed by atoms with Gasteiger partial charge in [-0.05, 0) is 37.6 Å². The fourth-order valence-electron chi connectivity index (χ4n) is 1.69. The molecule has 1 aliphatic heterocycles. The minimum Gasteiger partial charge on any atom is -0.398 e. The molecule has 4 heteroatoms. The zero-order valence-electron chi connectivity index (χ0n) is 8.50. The van der Waals surface area contributed by atoms with Gasteiger partial charge in [0.2, 0.25) is 0 Å². The number of nitrogens with two attached hydrogens (primary N) is 1. The first kappa shape index (κ1) is 11.1. The summed E-state index contributed by atoms with van der Waals surface area (Å²) < 4.78 is 0. The minimum absolute atomic E-state index is 0.652. The SMILES string of the molecule is Nc1ccc(SC[C@H]2CCCN2)cc1Cl. The lowest BCUT2D eigenvalue weighted by Gasteiger charge is -2.09. The number of rotatable bonds is 3. The fraction of sp³-hybridized carbons (Fsp3) is 0.455. The Hall–Kier alpha value is -0.380. The molecule has 0 saturated carbocycles. The Kier molecular flexibility index (Phi) is 3.78. The van der Waals surface area contributed by atoms with Crippen molar-refractivity contribution < 1.29 is 0 Å². The smallest absolute Gasteiger partial charge is 0.0646 e. The highest BCUT2D eigenvalue weighted by Crippen LogP contribution is 2.27. The Balaban J connectivity index is 1.90. The van der Waals surface area contributed by atoms with Crippen molar-refractivity contribution in [2.75, 3.05) is 18.0 Å². The van der Waals surface area contributed by atoms with Crippen molar-refractivity contribution >= 4 is 29.1 Å². The van der Waals surface area contributed by atoms with Gasteiger partial charge in [-0.25, -0.2) is 0 Å². The lowest BCUT2D eigenvalue weighted by atomic mass is 10.3. The standard InChI is InChI=1S/C11H15ClN2S/c12-10-6-9(3-4-11(10)13)15-7-8-2-1-5-14-8/h3-4,6,8,14H,1-2,5,7,13H2/t8-/m1/s1. The van der Waals surface area contributed by atoms with Gasteiger partial charge in [-0.3, -0.25) is 0 Å². The van der Waals surface area contributed by atoms with E-state index in [0.717, 1.165) is 12.3 Å². The number of nitrogen functional groups attached to an aromatic ring is 1. The van der Waals surface area contributed by atoms with Crippen LogP contribution in [0, 0.1) is 0 Å². The molecule has 15 heavy (non-hydrogen) atoms. The molecule has 0 amide bonds. The molecule has 1 atom stereocenters. The summed E-state index contributed by atoms with van der Waals surface area (Å²) in [7, 11) is 0. The maximum Gasteiger partial charge on any atom is 0.0646 e. The second kappa shape index (κ2) is 5.10. The maximum absolute atomic E-state index is 5.96. The van der Waals surface area contributed by atoms with Crippen LogP contribution in [0.1, 0.15) is 12.8 Å². The average Bonchev–Trinajstić information content (AvgIpc) is 2.73. The molecular formula is C11H15ClN2S. The Bertz CT molecular complexity index is 337. The molecule has 3 N–H and O–H groups in total. The molecule has 0 spiro atoms. The molecule has 0 radical (unpaired) electrons. The van der Waals surface area contributed by atoms with Crippen molar-refractivity contribution in [2.24, 2.45) is 0 Å². The van der Waals surface area contributed by atoms with Crippen LogP contribution in [0.25, 0.3) is 0 Å². The summed E-state index contributed by atoms with van der Waals surface area (Å²) in [5.41, 5.74) is 6.31. The zero-order valence-corrected chi connectivity index (χ0v) is 10.1. The Morgan fingerprint density at radius 2 is 2.40 bits per heavy atom. The van der Waals surface area contributed by atoms with E-state index in [9.17, 15) is 0 Å². The second-order valence-electron chi connectivity index (χ2n) is 3.79. The van der Waals surface area contributed by atoms with Crippen LogP contribution in [0.5, 0.6) is 0 Å². The van der Waals surface area contributed by atoms with Crippen LogP contribution >= 0.6 is 23.4 Å². The predicted octanol–water partition coefficient (Wildman–Crippen LogP) is 2.77. The molecule has 1 aromatic carbocycles. The first-order valence-corrected chi connectivity index (χ1v) is 6.53. The number of nitrogens with one attached hydrogen (secondary N) is 1. The number of halogens is 1. The summed E-state index contributed by atoms with van der Waals surface area (Å²) in [6, 6.07) is 6.50. The van der Waals surface area contributed by atoms with Crippen LogP contribution in [0.4, 0.5) is 5.69 Å². The predicted molar refractivity (Wildman–Crippen MR) is 67.6 cm³/mol. The molecule has 1 aromatic rings. The van der Waals surface area contributed by atoms with Gasteiger partial charge < -0.3 is 11.1 Å². The highest BCUT2D eigenvalue weighted by molar-refractivity contribution is 7.99. The van der Waals surface area contributed by atoms with Crippen molar-refractivity contribution in [3.05, 3.63) is 23.2 Å². The van der Waals surface area contributed by atoms with Gasteiger partial charge in [-0.15, -0.1) is 11.8 Å². The fourth-order valence-corrected chi connectivity index (χ4v) is 2.98. The van der Waals surface area contributed by atoms with Crippen LogP contribution in [0.15, 0.2) is 23.1 Å². The molecule has 82 valence electrons. The number of benzene rings is 1. The maximum atomic E-state index is 5.96. The minimum atomic E-state index is 0.652. The summed E-state index contributed by atoms with van der Waals surface area (Å²) in [4.78, 5) is 1.20. The van der Waals surface area contributed by atoms with Crippen molar-refractivity contribution in [1.82, 2.24) is 5.32 Å². The third-order valence-electron chi connectivity index (χ3n) is 2.59. The van der Waals surface area contributed by atoms with E-state index in [1.807, 2.05) is 30.0 Å². The molecule has 1 heterocycles. The van der Waals surface area contributed by atoms with Crippen molar-refractivity contribution in [3.8, 4) is 0 Å². The number of thioether (sulfide) groups is 1. The highest BCUT2D eigenvalue weighted by Gasteiger charge is 2.13. The van der Waals surface area contributed by atoms with Gasteiger partial charge in [-0.1, -0.05) is 11.6 Å². The van der Waals surface area contributed by atoms with Crippen LogP contribution in [-0.2, 0) is 0 Å². The van der Waals surface area contributed by atoms with Crippen molar-refractivity contribution in [3.63, 3.8) is 0 Å². The molecule has 0 unspecified atom stereocenters. The Morgan fingerprint density at radius 1 is 1.53 bits per heavy atom. The van der Waals surface area contributed by atoms with Gasteiger partial charge in [0.25, 0.3) is 0 Å². The van der Waals surface area contributed by atoms with Gasteiger partial charge >= 0.3 is 0 Å². The molecule has 2 nitrogen and oxygen atoms in total. The van der Waals surface area contributed by atoms with Crippen LogP contribution in [0.3, 0.4) is 0 Å². The van der Waals surface area contributed by atoms with E-state index >= 15 is 0 Å². The largest absolute Gasteiger partial charge is 0.398 e. The van der Waals surface area contributed by atoms with E-state index in [1.165, 1.54) is 17.7 Å². The van der Waals surface area contributed by atoms with E-state index in [1.54, 1.807) is 0 Å². The average molecular weight is 243 g/mol. The van der Waals surface area contributed by atoms with Crippen LogP contribution in [-0.4, -0.2) is 18.3 Å². The van der Waals surface area contributed by atoms with Gasteiger partial charge in [0.1, 0.15) is 0 Å². The van der Waals surface area contributed by atoms with Gasteiger partial charge in [0.15, 0.2) is 0 Å². The van der Waals surface area contributed by atoms with Gasteiger partial charge in [0.05, 0.1) is 10.7 Å². The molecular weight excluding hydrogens is 228 g/mol. The number of anilines is 1. The van der Waals surface area contributed by atoms with E-state index in [4.69, 9.17) is 17.3 Å². The van der Waals surface area contributed by atoms with Crippen molar-refractivity contribution in [2.45, 2.75) is 23.8 Å². The first-order chi connectivity index (χ1) is 7.25. The molecule has 2 rings (SSSR count). The van der Waals surface area contributed by atoms with Gasteiger partial charge in [-0.2, -0.15) is 0 Å². The van der Waals surface area contributed by atoms with Gasteiger partial charge in [0, 0.05) is 16.7 Å². The summed E-state index contributed by atoms with van der Waals surface area (Å²) in [6.07, 6.45) is 2.59. The number of hydrogen-bond donors (Lipinski definition) is 2. The van der Waals surface area contributed by atoms with E-state index in [0.29, 0.717) is 16.8 Å². The first-order valence-electron chi connectivity index (χ1n) is 5.17. The molecule has 0 aliphatic carbocycles. The third-order valence-corrected chi connectivity index (χ3v) is 4.07. The summed E-state index contributed by atoms with van der Waals surface area (Å²) >= 11 is 7.79. The van der Waals surface area contributed by atoms with E-state index in [-0.39, 0.29) is 0 Å². The van der Waals surface area contributed by atoms with Crippen LogP contribution < -0.4 is 11.1 Å². The Labute approximate surface area is 99.6 Å². The summed E-state index contributed by atoms with van der Waals surface area (Å²) in [5, 5.41) is 4.13. The molecule has 0 aromatic heterocycles. The number of hydrogen-bond acceptors (Lipinski definition) is 3. The Morgan fingerprint density at radius 3 is 3.07 bits per heavy atom. The summed E-state index contributed by atoms with van der Waals surface area (Å²) in [5.74, 6) is 1.11. The van der Waals surface area contributed by atoms with Crippen LogP contribution in [0.2, 0.25) is 5.02 Å². The lowest BCUT2D eigenvalue weighted by Crippen LogP contribution is -2.23. The molecule has 1 fully saturated rings. The lowest BCUT2D eigenvalue weighted by molar-refractivity contribution is 0.674. The normalized spacial score (nSPS) is 20.7. The topological polar surface area (TPSA) is 38.0 Å². The van der Waals surface area contributed by atoms with E-state index in [2.05, 4.69) is 5.32 Å². The monoisotopic (exact) mass is 242 g/mol. The molecule has 1 aliphatic rings. The molecule has 1 saturated heterocycles. The summed E-state index contributed by atoms with van der Waals surface area (Å²) in [6.45, 7) is 1.16. The zero-order chi connectivity index (χ0) is 10.7. The van der Waals surface area contributed by atoms with E-state index < -0.39 is 0 Å². The molecule has 0 bridgehead atoms. The second-order valence-corrected chi connectivity index (χ2v) is 5.29. The highest BCUT2D eigenvalue weighted by atomic mass is 35.5. The van der Waals surface area contributed by atoms with Crippen molar-refractivity contribution in [1.29, 1.82) is 0 Å². The third kappa shape index (κ3) is 3.03. The quantitative estimate of drug-likeness (QED) is 0.632.